The predicted molar refractivity (Wildman–Crippen MR) is 103 cm³/mol. The molecule has 1 aliphatic heterocycles. The summed E-state index contributed by atoms with van der Waals surface area (Å²) in [5, 5.41) is 0.381. The highest BCUT2D eigenvalue weighted by molar-refractivity contribution is 8.17. The summed E-state index contributed by atoms with van der Waals surface area (Å²) in [5.41, 5.74) is 6.22. The molecule has 0 radical (unpaired) electrons. The molecule has 3 rings (SSSR count). The maximum absolute atomic E-state index is 14.5. The number of aliphatic imine (C=N–C) groups is 1. The number of carbonyl (C=O) groups excluding carboxylic acids is 1. The number of thioether (sulfide) groups is 1. The molecule has 0 spiro atoms. The van der Waals surface area contributed by atoms with Crippen LogP contribution in [0, 0.1) is 5.82 Å². The molecule has 2 N–H and O–H groups in total. The summed E-state index contributed by atoms with van der Waals surface area (Å²) < 4.78 is 19.5. The molecule has 1 unspecified atom stereocenters. The predicted octanol–water partition coefficient (Wildman–Crippen LogP) is 3.23. The number of ether oxygens (including phenoxy) is 1. The van der Waals surface area contributed by atoms with E-state index in [2.05, 4.69) is 15.0 Å². The van der Waals surface area contributed by atoms with Crippen LogP contribution in [0.3, 0.4) is 0 Å². The third-order valence-electron chi connectivity index (χ3n) is 4.16. The van der Waals surface area contributed by atoms with Gasteiger partial charge in [0.25, 0.3) is 0 Å². The van der Waals surface area contributed by atoms with Crippen LogP contribution in [0.1, 0.15) is 35.5 Å². The van der Waals surface area contributed by atoms with Gasteiger partial charge in [-0.15, -0.1) is 0 Å². The Morgan fingerprint density at radius 3 is 2.74 bits per heavy atom. The third-order valence-corrected chi connectivity index (χ3v) is 4.90. The average molecular weight is 386 g/mol. The lowest BCUT2D eigenvalue weighted by Gasteiger charge is -2.27. The number of nitrogens with two attached hydrogens (primary N) is 1. The number of halogens is 1. The summed E-state index contributed by atoms with van der Waals surface area (Å²) >= 11 is 1.35. The van der Waals surface area contributed by atoms with Crippen molar-refractivity contribution in [1.29, 1.82) is 0 Å². The Hall–Kier alpha value is -2.74. The molecule has 27 heavy (non-hydrogen) atoms. The molecule has 2 aromatic rings. The van der Waals surface area contributed by atoms with Crippen molar-refractivity contribution in [3.8, 4) is 5.88 Å². The number of methoxy groups -OCH3 is 1. The van der Waals surface area contributed by atoms with Gasteiger partial charge >= 0.3 is 0 Å². The second-order valence-electron chi connectivity index (χ2n) is 6.31. The lowest BCUT2D eigenvalue weighted by Crippen LogP contribution is -2.26. The van der Waals surface area contributed by atoms with Gasteiger partial charge in [-0.3, -0.25) is 4.79 Å². The molecule has 6 nitrogen and oxygen atoms in total. The molecular weight excluding hydrogens is 367 g/mol. The van der Waals surface area contributed by atoms with Gasteiger partial charge in [0.15, 0.2) is 11.0 Å². The first kappa shape index (κ1) is 19.0. The minimum atomic E-state index is -0.914. The van der Waals surface area contributed by atoms with Gasteiger partial charge in [-0.05, 0) is 42.5 Å². The Morgan fingerprint density at radius 2 is 2.11 bits per heavy atom. The van der Waals surface area contributed by atoms with Crippen LogP contribution in [-0.2, 0) is 12.0 Å². The number of aromatic nitrogens is 2. The van der Waals surface area contributed by atoms with E-state index in [1.807, 2.05) is 13.0 Å². The summed E-state index contributed by atoms with van der Waals surface area (Å²) in [6, 6.07) is 4.58. The van der Waals surface area contributed by atoms with E-state index in [1.54, 1.807) is 19.1 Å². The van der Waals surface area contributed by atoms with E-state index < -0.39 is 11.4 Å². The minimum Gasteiger partial charge on any atom is -0.480 e. The van der Waals surface area contributed by atoms with Crippen molar-refractivity contribution in [3.05, 3.63) is 64.2 Å². The van der Waals surface area contributed by atoms with Crippen LogP contribution in [0.5, 0.6) is 5.88 Å². The highest BCUT2D eigenvalue weighted by Gasteiger charge is 2.30. The molecule has 0 saturated heterocycles. The van der Waals surface area contributed by atoms with Gasteiger partial charge in [-0.25, -0.2) is 19.4 Å². The van der Waals surface area contributed by atoms with E-state index in [0.717, 1.165) is 4.91 Å². The molecule has 1 aliphatic rings. The van der Waals surface area contributed by atoms with Crippen LogP contribution in [0.4, 0.5) is 4.39 Å². The standard InChI is InChI=1S/C19H19FN4O2S/c1-11-8-19(2,24-18(21)27-11)13-6-12(4-5-14(13)20)7-16(25)15-9-23-17(26-3)10-22-15/h4-6,8-10H,7H2,1-3H3,(H2,21,24). The Bertz CT molecular complexity index is 923. The van der Waals surface area contributed by atoms with E-state index >= 15 is 0 Å². The van der Waals surface area contributed by atoms with E-state index in [0.29, 0.717) is 22.2 Å². The lowest BCUT2D eigenvalue weighted by atomic mass is 9.89. The van der Waals surface area contributed by atoms with Gasteiger partial charge in [0, 0.05) is 12.0 Å². The van der Waals surface area contributed by atoms with Crippen molar-refractivity contribution in [2.75, 3.05) is 7.11 Å². The molecule has 0 fully saturated rings. The van der Waals surface area contributed by atoms with E-state index in [9.17, 15) is 9.18 Å². The van der Waals surface area contributed by atoms with Crippen molar-refractivity contribution in [1.82, 2.24) is 9.97 Å². The first-order chi connectivity index (χ1) is 12.8. The molecule has 0 bridgehead atoms. The third kappa shape index (κ3) is 4.16. The van der Waals surface area contributed by atoms with Crippen LogP contribution >= 0.6 is 11.8 Å². The zero-order chi connectivity index (χ0) is 19.6. The van der Waals surface area contributed by atoms with Crippen LogP contribution in [0.25, 0.3) is 0 Å². The maximum Gasteiger partial charge on any atom is 0.232 e. The summed E-state index contributed by atoms with van der Waals surface area (Å²) in [5.74, 6) is -0.288. The monoisotopic (exact) mass is 386 g/mol. The summed E-state index contributed by atoms with van der Waals surface area (Å²) in [4.78, 5) is 25.9. The van der Waals surface area contributed by atoms with Crippen LogP contribution in [0.15, 0.2) is 46.6 Å². The molecule has 0 saturated carbocycles. The van der Waals surface area contributed by atoms with Gasteiger partial charge in [-0.1, -0.05) is 17.8 Å². The van der Waals surface area contributed by atoms with Gasteiger partial charge in [0.1, 0.15) is 17.1 Å². The molecule has 140 valence electrons. The molecule has 0 aliphatic carbocycles. The van der Waals surface area contributed by atoms with Gasteiger partial charge < -0.3 is 10.5 Å². The van der Waals surface area contributed by atoms with Gasteiger partial charge in [-0.2, -0.15) is 0 Å². The van der Waals surface area contributed by atoms with Crippen LogP contribution < -0.4 is 10.5 Å². The highest BCUT2D eigenvalue weighted by Crippen LogP contribution is 2.37. The molecule has 1 atom stereocenters. The first-order valence-corrected chi connectivity index (χ1v) is 9.03. The van der Waals surface area contributed by atoms with Crippen molar-refractivity contribution >= 4 is 22.7 Å². The Balaban J connectivity index is 1.89. The number of hydrogen-bond acceptors (Lipinski definition) is 7. The van der Waals surface area contributed by atoms with Crippen LogP contribution in [0.2, 0.25) is 0 Å². The number of rotatable bonds is 5. The zero-order valence-corrected chi connectivity index (χ0v) is 16.0. The topological polar surface area (TPSA) is 90.5 Å². The Morgan fingerprint density at radius 1 is 1.33 bits per heavy atom. The fourth-order valence-corrected chi connectivity index (χ4v) is 3.78. The normalized spacial score (nSPS) is 19.3. The van der Waals surface area contributed by atoms with E-state index in [-0.39, 0.29) is 17.9 Å². The largest absolute Gasteiger partial charge is 0.480 e. The van der Waals surface area contributed by atoms with Crippen molar-refractivity contribution < 1.29 is 13.9 Å². The van der Waals surface area contributed by atoms with E-state index in [4.69, 9.17) is 10.5 Å². The number of hydrogen-bond donors (Lipinski definition) is 1. The van der Waals surface area contributed by atoms with Crippen molar-refractivity contribution in [3.63, 3.8) is 0 Å². The minimum absolute atomic E-state index is 0.0704. The molecular formula is C19H19FN4O2S. The second kappa shape index (κ2) is 7.48. The number of nitrogens with zero attached hydrogens (tertiary/aromatic N) is 3. The fraction of sp³-hybridized carbons (Fsp3) is 0.263. The fourth-order valence-electron chi connectivity index (χ4n) is 2.92. The first-order valence-electron chi connectivity index (χ1n) is 8.21. The molecule has 2 heterocycles. The number of ketones is 1. The van der Waals surface area contributed by atoms with Gasteiger partial charge in [0.2, 0.25) is 5.88 Å². The molecule has 1 aromatic heterocycles. The van der Waals surface area contributed by atoms with Crippen molar-refractivity contribution in [2.24, 2.45) is 10.7 Å². The smallest absolute Gasteiger partial charge is 0.232 e. The zero-order valence-electron chi connectivity index (χ0n) is 15.2. The summed E-state index contributed by atoms with van der Waals surface area (Å²) in [7, 11) is 1.47. The van der Waals surface area contributed by atoms with E-state index in [1.165, 1.54) is 37.3 Å². The molecule has 8 heteroatoms. The Kier molecular flexibility index (Phi) is 5.27. The maximum atomic E-state index is 14.5. The number of Topliss-reactive ketones (excluding diaryl/α,β-unsaturated/α-hetero) is 1. The Labute approximate surface area is 160 Å². The molecule has 0 amide bonds. The molecule has 1 aromatic carbocycles. The quantitative estimate of drug-likeness (QED) is 0.794. The number of amidine groups is 1. The number of benzene rings is 1. The number of allylic oxidation sites excluding steroid dienone is 1. The second-order valence-corrected chi connectivity index (χ2v) is 7.58. The lowest BCUT2D eigenvalue weighted by molar-refractivity contribution is 0.0987. The highest BCUT2D eigenvalue weighted by atomic mass is 32.2. The van der Waals surface area contributed by atoms with Gasteiger partial charge in [0.05, 0.1) is 19.5 Å². The summed E-state index contributed by atoms with van der Waals surface area (Å²) in [6.45, 7) is 3.69. The van der Waals surface area contributed by atoms with Crippen LogP contribution in [-0.4, -0.2) is 28.0 Å². The number of carbonyl (C=O) groups is 1. The van der Waals surface area contributed by atoms with Crippen molar-refractivity contribution in [2.45, 2.75) is 25.8 Å². The summed E-state index contributed by atoms with van der Waals surface area (Å²) in [6.07, 6.45) is 4.69. The average Bonchev–Trinajstić information content (AvgIpc) is 2.62. The SMILES string of the molecule is COc1cnc(C(=O)Cc2ccc(F)c(C3(C)C=C(C)SC(N)=N3)c2)cn1.